The van der Waals surface area contributed by atoms with Crippen LogP contribution in [0.25, 0.3) is 0 Å². The molecule has 106 valence electrons. The Morgan fingerprint density at radius 3 is 2.53 bits per heavy atom. The molecule has 1 aliphatic rings. The summed E-state index contributed by atoms with van der Waals surface area (Å²) in [5.74, 6) is -0.423. The molecule has 0 aliphatic heterocycles. The number of sulfonamides is 1. The lowest BCUT2D eigenvalue weighted by molar-refractivity contribution is 0.249. The van der Waals surface area contributed by atoms with Crippen molar-refractivity contribution in [3.8, 4) is 0 Å². The SMILES string of the molecule is Cc1cc(S(=O)(=O)N(C)C2CCC2)cc(CN)c1F. The minimum absolute atomic E-state index is 0.0107. The van der Waals surface area contributed by atoms with Crippen molar-refractivity contribution in [2.75, 3.05) is 7.05 Å². The van der Waals surface area contributed by atoms with Gasteiger partial charge < -0.3 is 5.73 Å². The minimum Gasteiger partial charge on any atom is -0.326 e. The average Bonchev–Trinajstić information content (AvgIpc) is 2.30. The first-order valence-corrected chi connectivity index (χ1v) is 7.79. The molecule has 0 aromatic heterocycles. The van der Waals surface area contributed by atoms with Gasteiger partial charge >= 0.3 is 0 Å². The van der Waals surface area contributed by atoms with Gasteiger partial charge in [0.2, 0.25) is 10.0 Å². The van der Waals surface area contributed by atoms with Crippen molar-refractivity contribution in [3.63, 3.8) is 0 Å². The minimum atomic E-state index is -3.56. The molecular weight excluding hydrogens is 267 g/mol. The van der Waals surface area contributed by atoms with E-state index in [4.69, 9.17) is 5.73 Å². The van der Waals surface area contributed by atoms with Gasteiger partial charge in [-0.15, -0.1) is 0 Å². The number of hydrogen-bond donors (Lipinski definition) is 1. The van der Waals surface area contributed by atoms with Crippen molar-refractivity contribution >= 4 is 10.0 Å². The zero-order valence-corrected chi connectivity index (χ0v) is 12.0. The van der Waals surface area contributed by atoms with Crippen LogP contribution in [0.3, 0.4) is 0 Å². The number of nitrogens with two attached hydrogens (primary N) is 1. The maximum atomic E-state index is 13.7. The van der Waals surface area contributed by atoms with Gasteiger partial charge in [0, 0.05) is 25.2 Å². The van der Waals surface area contributed by atoms with Crippen molar-refractivity contribution in [1.29, 1.82) is 0 Å². The molecule has 0 amide bonds. The molecule has 1 fully saturated rings. The number of benzene rings is 1. The summed E-state index contributed by atoms with van der Waals surface area (Å²) in [5.41, 5.74) is 6.00. The van der Waals surface area contributed by atoms with E-state index >= 15 is 0 Å². The molecule has 0 radical (unpaired) electrons. The Labute approximate surface area is 113 Å². The van der Waals surface area contributed by atoms with Gasteiger partial charge in [-0.05, 0) is 37.5 Å². The van der Waals surface area contributed by atoms with E-state index in [0.717, 1.165) is 19.3 Å². The zero-order chi connectivity index (χ0) is 14.2. The van der Waals surface area contributed by atoms with Gasteiger partial charge in [-0.1, -0.05) is 6.42 Å². The highest BCUT2D eigenvalue weighted by molar-refractivity contribution is 7.89. The fourth-order valence-corrected chi connectivity index (χ4v) is 3.77. The van der Waals surface area contributed by atoms with E-state index in [1.54, 1.807) is 14.0 Å². The molecule has 0 atom stereocenters. The molecule has 2 rings (SSSR count). The van der Waals surface area contributed by atoms with Crippen LogP contribution in [-0.2, 0) is 16.6 Å². The molecule has 1 aliphatic carbocycles. The summed E-state index contributed by atoms with van der Waals surface area (Å²) < 4.78 is 40.0. The van der Waals surface area contributed by atoms with Crippen LogP contribution >= 0.6 is 0 Å². The highest BCUT2D eigenvalue weighted by Gasteiger charge is 2.32. The van der Waals surface area contributed by atoms with Crippen LogP contribution in [-0.4, -0.2) is 25.8 Å². The van der Waals surface area contributed by atoms with Crippen LogP contribution in [0.15, 0.2) is 17.0 Å². The molecule has 19 heavy (non-hydrogen) atoms. The van der Waals surface area contributed by atoms with Crippen molar-refractivity contribution in [2.24, 2.45) is 5.73 Å². The van der Waals surface area contributed by atoms with Crippen LogP contribution < -0.4 is 5.73 Å². The Morgan fingerprint density at radius 2 is 2.05 bits per heavy atom. The molecule has 1 aromatic rings. The van der Waals surface area contributed by atoms with Crippen LogP contribution in [0.4, 0.5) is 4.39 Å². The van der Waals surface area contributed by atoms with E-state index in [1.165, 1.54) is 16.4 Å². The van der Waals surface area contributed by atoms with Gasteiger partial charge in [0.1, 0.15) is 5.82 Å². The number of rotatable bonds is 4. The molecule has 1 aromatic carbocycles. The highest BCUT2D eigenvalue weighted by Crippen LogP contribution is 2.29. The third-order valence-electron chi connectivity index (χ3n) is 3.79. The van der Waals surface area contributed by atoms with Gasteiger partial charge in [-0.25, -0.2) is 12.8 Å². The molecule has 0 bridgehead atoms. The predicted molar refractivity (Wildman–Crippen MR) is 71.6 cm³/mol. The van der Waals surface area contributed by atoms with Crippen LogP contribution in [0.5, 0.6) is 0 Å². The molecule has 0 unspecified atom stereocenters. The van der Waals surface area contributed by atoms with Crippen LogP contribution in [0, 0.1) is 12.7 Å². The van der Waals surface area contributed by atoms with E-state index in [0.29, 0.717) is 5.56 Å². The van der Waals surface area contributed by atoms with Gasteiger partial charge in [-0.3, -0.25) is 0 Å². The predicted octanol–water partition coefficient (Wildman–Crippen LogP) is 1.77. The Kier molecular flexibility index (Phi) is 3.94. The largest absolute Gasteiger partial charge is 0.326 e. The van der Waals surface area contributed by atoms with Crippen LogP contribution in [0.2, 0.25) is 0 Å². The Morgan fingerprint density at radius 1 is 1.42 bits per heavy atom. The second-order valence-corrected chi connectivity index (χ2v) is 7.02. The van der Waals surface area contributed by atoms with Gasteiger partial charge in [0.25, 0.3) is 0 Å². The third kappa shape index (κ3) is 2.52. The Hall–Kier alpha value is -0.980. The van der Waals surface area contributed by atoms with Crippen molar-refractivity contribution < 1.29 is 12.8 Å². The third-order valence-corrected chi connectivity index (χ3v) is 5.68. The molecule has 0 spiro atoms. The monoisotopic (exact) mass is 286 g/mol. The average molecular weight is 286 g/mol. The van der Waals surface area contributed by atoms with E-state index in [2.05, 4.69) is 0 Å². The zero-order valence-electron chi connectivity index (χ0n) is 11.2. The number of halogens is 1. The number of aryl methyl sites for hydroxylation is 1. The van der Waals surface area contributed by atoms with E-state index in [1.807, 2.05) is 0 Å². The summed E-state index contributed by atoms with van der Waals surface area (Å²) in [6.07, 6.45) is 2.83. The molecule has 4 nitrogen and oxygen atoms in total. The van der Waals surface area contributed by atoms with E-state index < -0.39 is 15.8 Å². The van der Waals surface area contributed by atoms with Crippen molar-refractivity contribution in [2.45, 2.75) is 43.7 Å². The lowest BCUT2D eigenvalue weighted by atomic mass is 9.94. The van der Waals surface area contributed by atoms with E-state index in [-0.39, 0.29) is 23.0 Å². The normalized spacial score (nSPS) is 16.7. The molecule has 0 heterocycles. The fraction of sp³-hybridized carbons (Fsp3) is 0.538. The Bertz CT molecular complexity index is 583. The topological polar surface area (TPSA) is 63.4 Å². The second-order valence-electron chi connectivity index (χ2n) is 5.02. The molecular formula is C13H19FN2O2S. The highest BCUT2D eigenvalue weighted by atomic mass is 32.2. The van der Waals surface area contributed by atoms with Gasteiger partial charge in [-0.2, -0.15) is 4.31 Å². The summed E-state index contributed by atoms with van der Waals surface area (Å²) in [4.78, 5) is 0.126. The molecule has 6 heteroatoms. The van der Waals surface area contributed by atoms with Crippen molar-refractivity contribution in [3.05, 3.63) is 29.1 Å². The molecule has 2 N–H and O–H groups in total. The standard InChI is InChI=1S/C13H19FN2O2S/c1-9-6-12(7-10(8-15)13(9)14)19(17,18)16(2)11-4-3-5-11/h6-7,11H,3-5,8,15H2,1-2H3. The van der Waals surface area contributed by atoms with Crippen LogP contribution in [0.1, 0.15) is 30.4 Å². The Balaban J connectivity index is 2.42. The van der Waals surface area contributed by atoms with Gasteiger partial charge in [0.05, 0.1) is 4.90 Å². The lowest BCUT2D eigenvalue weighted by Crippen LogP contribution is -2.41. The maximum absolute atomic E-state index is 13.7. The number of nitrogens with zero attached hydrogens (tertiary/aromatic N) is 1. The maximum Gasteiger partial charge on any atom is 0.243 e. The summed E-state index contributed by atoms with van der Waals surface area (Å²) >= 11 is 0. The van der Waals surface area contributed by atoms with E-state index in [9.17, 15) is 12.8 Å². The van der Waals surface area contributed by atoms with Gasteiger partial charge in [0.15, 0.2) is 0 Å². The molecule has 0 saturated heterocycles. The second kappa shape index (κ2) is 5.19. The first-order chi connectivity index (χ1) is 8.87. The summed E-state index contributed by atoms with van der Waals surface area (Å²) in [6, 6.07) is 2.78. The first kappa shape index (κ1) is 14.4. The molecule has 1 saturated carbocycles. The fourth-order valence-electron chi connectivity index (χ4n) is 2.22. The van der Waals surface area contributed by atoms with Crippen molar-refractivity contribution in [1.82, 2.24) is 4.31 Å². The first-order valence-electron chi connectivity index (χ1n) is 6.35. The summed E-state index contributed by atoms with van der Waals surface area (Å²) in [6.45, 7) is 1.54. The lowest BCUT2D eigenvalue weighted by Gasteiger charge is -2.33. The summed E-state index contributed by atoms with van der Waals surface area (Å²) in [5, 5.41) is 0. The smallest absolute Gasteiger partial charge is 0.243 e. The number of hydrogen-bond acceptors (Lipinski definition) is 3. The quantitative estimate of drug-likeness (QED) is 0.917. The summed E-state index contributed by atoms with van der Waals surface area (Å²) in [7, 11) is -1.98.